The van der Waals surface area contributed by atoms with Crippen molar-refractivity contribution in [3.8, 4) is 0 Å². The zero-order valence-corrected chi connectivity index (χ0v) is 8.37. The van der Waals surface area contributed by atoms with E-state index in [0.717, 1.165) is 6.54 Å². The Labute approximate surface area is 81.3 Å². The van der Waals surface area contributed by atoms with E-state index in [-0.39, 0.29) is 11.7 Å². The normalized spacial score (nSPS) is 11.6. The number of carboxylic acids is 1. The molecule has 0 unspecified atom stereocenters. The molecule has 0 aliphatic heterocycles. The molecular weight excluding hydrogens is 186 g/mol. The topological polar surface area (TPSA) is 88.2 Å². The van der Waals surface area contributed by atoms with Crippen LogP contribution in [0.5, 0.6) is 0 Å². The van der Waals surface area contributed by atoms with Gasteiger partial charge < -0.3 is 14.9 Å². The summed E-state index contributed by atoms with van der Waals surface area (Å²) in [4.78, 5) is 14.3. The third-order valence-corrected chi connectivity index (χ3v) is 1.77. The van der Waals surface area contributed by atoms with Crippen LogP contribution in [0.2, 0.25) is 0 Å². The molecule has 0 saturated carbocycles. The van der Waals surface area contributed by atoms with Crippen LogP contribution in [-0.4, -0.2) is 27.8 Å². The van der Waals surface area contributed by atoms with E-state index in [9.17, 15) is 4.79 Å². The summed E-state index contributed by atoms with van der Waals surface area (Å²) in [7, 11) is 0. The SMILES string of the molecule is CCNC(C)(C)c1nc(C(=O)O)no1. The molecule has 0 bridgehead atoms. The van der Waals surface area contributed by atoms with Gasteiger partial charge in [0, 0.05) is 0 Å². The van der Waals surface area contributed by atoms with Crippen LogP contribution < -0.4 is 5.32 Å². The van der Waals surface area contributed by atoms with Crippen molar-refractivity contribution in [2.24, 2.45) is 0 Å². The Kier molecular flexibility index (Phi) is 2.85. The van der Waals surface area contributed by atoms with E-state index in [1.165, 1.54) is 0 Å². The summed E-state index contributed by atoms with van der Waals surface area (Å²) < 4.78 is 4.84. The molecule has 0 aliphatic carbocycles. The van der Waals surface area contributed by atoms with Crippen LogP contribution in [-0.2, 0) is 5.54 Å². The minimum Gasteiger partial charge on any atom is -0.475 e. The van der Waals surface area contributed by atoms with Crippen molar-refractivity contribution in [2.75, 3.05) is 6.54 Å². The van der Waals surface area contributed by atoms with Crippen molar-refractivity contribution in [3.63, 3.8) is 0 Å². The minimum atomic E-state index is -1.19. The Morgan fingerprint density at radius 2 is 2.29 bits per heavy atom. The highest BCUT2D eigenvalue weighted by molar-refractivity contribution is 5.82. The molecule has 0 fully saturated rings. The molecule has 0 amide bonds. The lowest BCUT2D eigenvalue weighted by Crippen LogP contribution is -2.36. The first-order valence-electron chi connectivity index (χ1n) is 4.30. The molecule has 6 heteroatoms. The number of carboxylic acid groups (broad SMARTS) is 1. The van der Waals surface area contributed by atoms with Gasteiger partial charge in [0.1, 0.15) is 0 Å². The van der Waals surface area contributed by atoms with Crippen LogP contribution in [0, 0.1) is 0 Å². The highest BCUT2D eigenvalue weighted by Gasteiger charge is 2.27. The van der Waals surface area contributed by atoms with Crippen LogP contribution in [0.3, 0.4) is 0 Å². The minimum absolute atomic E-state index is 0.275. The summed E-state index contributed by atoms with van der Waals surface area (Å²) >= 11 is 0. The molecule has 0 aliphatic rings. The molecule has 2 N–H and O–H groups in total. The van der Waals surface area contributed by atoms with E-state index < -0.39 is 11.5 Å². The van der Waals surface area contributed by atoms with E-state index in [2.05, 4.69) is 15.5 Å². The number of hydrogen-bond donors (Lipinski definition) is 2. The Hall–Kier alpha value is -1.43. The van der Waals surface area contributed by atoms with E-state index >= 15 is 0 Å². The molecule has 0 spiro atoms. The number of nitrogens with zero attached hydrogens (tertiary/aromatic N) is 2. The van der Waals surface area contributed by atoms with Gasteiger partial charge in [-0.2, -0.15) is 4.98 Å². The van der Waals surface area contributed by atoms with Gasteiger partial charge in [-0.1, -0.05) is 6.92 Å². The number of rotatable bonds is 4. The van der Waals surface area contributed by atoms with E-state index in [4.69, 9.17) is 9.63 Å². The van der Waals surface area contributed by atoms with Crippen LogP contribution in [0.25, 0.3) is 0 Å². The molecule has 0 atom stereocenters. The van der Waals surface area contributed by atoms with Crippen molar-refractivity contribution in [2.45, 2.75) is 26.3 Å². The Morgan fingerprint density at radius 1 is 1.64 bits per heavy atom. The predicted octanol–water partition coefficient (Wildman–Crippen LogP) is 0.612. The summed E-state index contributed by atoms with van der Waals surface area (Å²) in [5.41, 5.74) is -0.505. The van der Waals surface area contributed by atoms with Crippen molar-refractivity contribution >= 4 is 5.97 Å². The van der Waals surface area contributed by atoms with Crippen LogP contribution in [0.15, 0.2) is 4.52 Å². The lowest BCUT2D eigenvalue weighted by Gasteiger charge is -2.20. The van der Waals surface area contributed by atoms with Crippen molar-refractivity contribution in [1.82, 2.24) is 15.5 Å². The molecule has 1 rings (SSSR count). The quantitative estimate of drug-likeness (QED) is 0.738. The molecule has 0 aromatic carbocycles. The first-order valence-corrected chi connectivity index (χ1v) is 4.30. The van der Waals surface area contributed by atoms with Gasteiger partial charge in [-0.15, -0.1) is 0 Å². The number of aromatic nitrogens is 2. The average molecular weight is 199 g/mol. The molecule has 6 nitrogen and oxygen atoms in total. The summed E-state index contributed by atoms with van der Waals surface area (Å²) in [6.45, 7) is 6.36. The maximum atomic E-state index is 10.5. The maximum absolute atomic E-state index is 10.5. The van der Waals surface area contributed by atoms with Crippen molar-refractivity contribution < 1.29 is 14.4 Å². The zero-order chi connectivity index (χ0) is 10.8. The fourth-order valence-electron chi connectivity index (χ4n) is 1.08. The lowest BCUT2D eigenvalue weighted by atomic mass is 10.1. The number of carbonyl (C=O) groups is 1. The number of aromatic carboxylic acids is 1. The third kappa shape index (κ3) is 2.08. The average Bonchev–Trinajstić information content (AvgIpc) is 2.51. The molecule has 14 heavy (non-hydrogen) atoms. The molecule has 1 aromatic rings. The van der Waals surface area contributed by atoms with Crippen LogP contribution in [0.1, 0.15) is 37.3 Å². The Bertz CT molecular complexity index is 332. The molecule has 1 aromatic heterocycles. The molecular formula is C8H13N3O3. The van der Waals surface area contributed by atoms with Gasteiger partial charge >= 0.3 is 5.97 Å². The summed E-state index contributed by atoms with van der Waals surface area (Å²) in [5, 5.41) is 15.0. The smallest absolute Gasteiger partial charge is 0.377 e. The van der Waals surface area contributed by atoms with Crippen molar-refractivity contribution in [1.29, 1.82) is 0 Å². The monoisotopic (exact) mass is 199 g/mol. The third-order valence-electron chi connectivity index (χ3n) is 1.77. The van der Waals surface area contributed by atoms with Gasteiger partial charge in [-0.05, 0) is 25.5 Å². The fraction of sp³-hybridized carbons (Fsp3) is 0.625. The summed E-state index contributed by atoms with van der Waals surface area (Å²) in [6.07, 6.45) is 0. The molecule has 0 saturated heterocycles. The second-order valence-corrected chi connectivity index (χ2v) is 3.38. The van der Waals surface area contributed by atoms with Gasteiger partial charge in [0.05, 0.1) is 5.54 Å². The van der Waals surface area contributed by atoms with Gasteiger partial charge in [0.25, 0.3) is 5.82 Å². The molecule has 1 heterocycles. The lowest BCUT2D eigenvalue weighted by molar-refractivity contribution is 0.0680. The zero-order valence-electron chi connectivity index (χ0n) is 8.37. The second kappa shape index (κ2) is 3.75. The largest absolute Gasteiger partial charge is 0.475 e. The number of hydrogen-bond acceptors (Lipinski definition) is 5. The Morgan fingerprint density at radius 3 is 2.71 bits per heavy atom. The van der Waals surface area contributed by atoms with Gasteiger partial charge in [0.2, 0.25) is 5.89 Å². The summed E-state index contributed by atoms with van der Waals surface area (Å²) in [5.74, 6) is -1.23. The highest BCUT2D eigenvalue weighted by Crippen LogP contribution is 2.17. The van der Waals surface area contributed by atoms with Gasteiger partial charge in [-0.25, -0.2) is 4.79 Å². The first kappa shape index (κ1) is 10.6. The van der Waals surface area contributed by atoms with Crippen LogP contribution >= 0.6 is 0 Å². The highest BCUT2D eigenvalue weighted by atomic mass is 16.5. The van der Waals surface area contributed by atoms with E-state index in [1.807, 2.05) is 20.8 Å². The first-order chi connectivity index (χ1) is 6.47. The maximum Gasteiger partial charge on any atom is 0.377 e. The standard InChI is InChI=1S/C8H13N3O3/c1-4-9-8(2,3)7-10-5(6(12)13)11-14-7/h9H,4H2,1-3H3,(H,12,13). The van der Waals surface area contributed by atoms with Gasteiger partial charge in [0.15, 0.2) is 0 Å². The van der Waals surface area contributed by atoms with E-state index in [1.54, 1.807) is 0 Å². The van der Waals surface area contributed by atoms with E-state index in [0.29, 0.717) is 0 Å². The van der Waals surface area contributed by atoms with Gasteiger partial charge in [-0.3, -0.25) is 0 Å². The summed E-state index contributed by atoms with van der Waals surface area (Å²) in [6, 6.07) is 0. The Balaban J connectivity index is 2.90. The molecule has 0 radical (unpaired) electrons. The molecule has 78 valence electrons. The van der Waals surface area contributed by atoms with Crippen LogP contribution in [0.4, 0.5) is 0 Å². The predicted molar refractivity (Wildman–Crippen MR) is 48.0 cm³/mol. The fourth-order valence-corrected chi connectivity index (χ4v) is 1.08. The second-order valence-electron chi connectivity index (χ2n) is 3.38. The van der Waals surface area contributed by atoms with Crippen molar-refractivity contribution in [3.05, 3.63) is 11.7 Å². The number of nitrogens with one attached hydrogen (secondary N) is 1.